The second kappa shape index (κ2) is 6.30. The third-order valence-corrected chi connectivity index (χ3v) is 3.13. The van der Waals surface area contributed by atoms with Crippen LogP contribution in [-0.4, -0.2) is 33.7 Å². The van der Waals surface area contributed by atoms with E-state index in [1.807, 2.05) is 6.92 Å². The van der Waals surface area contributed by atoms with E-state index in [0.29, 0.717) is 6.42 Å². The minimum Gasteiger partial charge on any atom is -0.478 e. The maximum atomic E-state index is 10.9. The number of carboxylic acid groups (broad SMARTS) is 2. The Morgan fingerprint density at radius 2 is 1.65 bits per heavy atom. The van der Waals surface area contributed by atoms with Crippen LogP contribution < -0.4 is 0 Å². The SMILES string of the molecule is CCSCCc1cc(C(=O)O)cc(C(=O)O)c1. The second-order valence-electron chi connectivity index (χ2n) is 3.48. The molecule has 1 aromatic carbocycles. The molecular formula is C12H14O4S. The van der Waals surface area contributed by atoms with Gasteiger partial charge in [0.25, 0.3) is 0 Å². The fourth-order valence-electron chi connectivity index (χ4n) is 1.42. The predicted octanol–water partition coefficient (Wildman–Crippen LogP) is 2.38. The summed E-state index contributed by atoms with van der Waals surface area (Å²) >= 11 is 1.74. The molecule has 4 nitrogen and oxygen atoms in total. The molecule has 17 heavy (non-hydrogen) atoms. The molecular weight excluding hydrogens is 240 g/mol. The average Bonchev–Trinajstić information content (AvgIpc) is 2.29. The van der Waals surface area contributed by atoms with Crippen LogP contribution in [0.5, 0.6) is 0 Å². The van der Waals surface area contributed by atoms with Crippen molar-refractivity contribution in [3.05, 3.63) is 34.9 Å². The first-order valence-electron chi connectivity index (χ1n) is 5.23. The first kappa shape index (κ1) is 13.6. The highest BCUT2D eigenvalue weighted by atomic mass is 32.2. The van der Waals surface area contributed by atoms with Crippen LogP contribution in [0.4, 0.5) is 0 Å². The third kappa shape index (κ3) is 4.11. The first-order valence-corrected chi connectivity index (χ1v) is 6.38. The van der Waals surface area contributed by atoms with Gasteiger partial charge in [0.2, 0.25) is 0 Å². The van der Waals surface area contributed by atoms with Crippen molar-refractivity contribution in [2.45, 2.75) is 13.3 Å². The fourth-order valence-corrected chi connectivity index (χ4v) is 2.09. The van der Waals surface area contributed by atoms with Crippen LogP contribution in [0.1, 0.15) is 33.2 Å². The molecule has 0 aliphatic carbocycles. The Labute approximate surface area is 104 Å². The Bertz CT molecular complexity index is 396. The smallest absolute Gasteiger partial charge is 0.335 e. The Morgan fingerprint density at radius 1 is 1.12 bits per heavy atom. The number of hydrogen-bond acceptors (Lipinski definition) is 3. The minimum absolute atomic E-state index is 0.0291. The Balaban J connectivity index is 2.95. The zero-order valence-electron chi connectivity index (χ0n) is 9.47. The van der Waals surface area contributed by atoms with Crippen LogP contribution in [0, 0.1) is 0 Å². The molecule has 0 fully saturated rings. The van der Waals surface area contributed by atoms with Crippen molar-refractivity contribution in [2.75, 3.05) is 11.5 Å². The Hall–Kier alpha value is -1.49. The van der Waals surface area contributed by atoms with E-state index in [4.69, 9.17) is 10.2 Å². The molecule has 0 aromatic heterocycles. The summed E-state index contributed by atoms with van der Waals surface area (Å²) in [5, 5.41) is 17.8. The highest BCUT2D eigenvalue weighted by molar-refractivity contribution is 7.99. The van der Waals surface area contributed by atoms with Gasteiger partial charge in [-0.25, -0.2) is 9.59 Å². The third-order valence-electron chi connectivity index (χ3n) is 2.23. The summed E-state index contributed by atoms with van der Waals surface area (Å²) in [5.74, 6) is -0.349. The number of aromatic carboxylic acids is 2. The number of carboxylic acids is 2. The van der Waals surface area contributed by atoms with E-state index >= 15 is 0 Å². The van der Waals surface area contributed by atoms with Gasteiger partial charge in [-0.05, 0) is 41.7 Å². The fraction of sp³-hybridized carbons (Fsp3) is 0.333. The molecule has 0 heterocycles. The van der Waals surface area contributed by atoms with Crippen molar-refractivity contribution in [1.82, 2.24) is 0 Å². The van der Waals surface area contributed by atoms with Crippen molar-refractivity contribution >= 4 is 23.7 Å². The average molecular weight is 254 g/mol. The summed E-state index contributed by atoms with van der Waals surface area (Å²) < 4.78 is 0. The maximum absolute atomic E-state index is 10.9. The number of rotatable bonds is 6. The lowest BCUT2D eigenvalue weighted by atomic mass is 10.0. The number of aryl methyl sites for hydroxylation is 1. The van der Waals surface area contributed by atoms with Gasteiger partial charge in [0, 0.05) is 0 Å². The largest absolute Gasteiger partial charge is 0.478 e. The van der Waals surface area contributed by atoms with Crippen LogP contribution in [0.3, 0.4) is 0 Å². The van der Waals surface area contributed by atoms with Gasteiger partial charge in [-0.3, -0.25) is 0 Å². The van der Waals surface area contributed by atoms with Crippen molar-refractivity contribution in [3.8, 4) is 0 Å². The molecule has 1 aromatic rings. The summed E-state index contributed by atoms with van der Waals surface area (Å²) in [6.45, 7) is 2.04. The van der Waals surface area contributed by atoms with E-state index in [-0.39, 0.29) is 11.1 Å². The maximum Gasteiger partial charge on any atom is 0.335 e. The summed E-state index contributed by atoms with van der Waals surface area (Å²) in [7, 11) is 0. The van der Waals surface area contributed by atoms with E-state index in [2.05, 4.69) is 0 Å². The molecule has 5 heteroatoms. The molecule has 0 saturated heterocycles. The molecule has 0 unspecified atom stereocenters. The molecule has 1 rings (SSSR count). The highest BCUT2D eigenvalue weighted by Gasteiger charge is 2.11. The number of hydrogen-bond donors (Lipinski definition) is 2. The van der Waals surface area contributed by atoms with Gasteiger partial charge in [0.1, 0.15) is 0 Å². The molecule has 0 aliphatic heterocycles. The molecule has 0 saturated carbocycles. The van der Waals surface area contributed by atoms with Crippen LogP contribution >= 0.6 is 11.8 Å². The molecule has 92 valence electrons. The number of thioether (sulfide) groups is 1. The Kier molecular flexibility index (Phi) is 5.03. The lowest BCUT2D eigenvalue weighted by Gasteiger charge is -2.05. The standard InChI is InChI=1S/C12H14O4S/c1-2-17-4-3-8-5-9(11(13)14)7-10(6-8)12(15)16/h5-7H,2-4H2,1H3,(H,13,14)(H,15,16). The lowest BCUT2D eigenvalue weighted by molar-refractivity contribution is 0.0696. The number of carbonyl (C=O) groups is 2. The van der Waals surface area contributed by atoms with Gasteiger partial charge in [-0.1, -0.05) is 6.92 Å². The van der Waals surface area contributed by atoms with Gasteiger partial charge < -0.3 is 10.2 Å². The molecule has 0 spiro atoms. The molecule has 0 radical (unpaired) electrons. The van der Waals surface area contributed by atoms with E-state index in [1.54, 1.807) is 11.8 Å². The van der Waals surface area contributed by atoms with Crippen LogP contribution in [0.25, 0.3) is 0 Å². The quantitative estimate of drug-likeness (QED) is 0.762. The first-order chi connectivity index (χ1) is 8.04. The van der Waals surface area contributed by atoms with Gasteiger partial charge in [-0.15, -0.1) is 0 Å². The van der Waals surface area contributed by atoms with Crippen molar-refractivity contribution < 1.29 is 19.8 Å². The molecule has 0 bridgehead atoms. The molecule has 2 N–H and O–H groups in total. The van der Waals surface area contributed by atoms with Crippen molar-refractivity contribution in [2.24, 2.45) is 0 Å². The summed E-state index contributed by atoms with van der Waals surface area (Å²) in [6, 6.07) is 4.25. The van der Waals surface area contributed by atoms with E-state index in [9.17, 15) is 9.59 Å². The van der Waals surface area contributed by atoms with Crippen molar-refractivity contribution in [1.29, 1.82) is 0 Å². The van der Waals surface area contributed by atoms with Crippen LogP contribution in [-0.2, 0) is 6.42 Å². The van der Waals surface area contributed by atoms with Gasteiger partial charge in [0.15, 0.2) is 0 Å². The van der Waals surface area contributed by atoms with E-state index < -0.39 is 11.9 Å². The predicted molar refractivity (Wildman–Crippen MR) is 67.1 cm³/mol. The zero-order valence-corrected chi connectivity index (χ0v) is 10.3. The monoisotopic (exact) mass is 254 g/mol. The van der Waals surface area contributed by atoms with Crippen LogP contribution in [0.2, 0.25) is 0 Å². The molecule has 0 amide bonds. The summed E-state index contributed by atoms with van der Waals surface area (Å²) in [4.78, 5) is 21.7. The highest BCUT2D eigenvalue weighted by Crippen LogP contribution is 2.13. The van der Waals surface area contributed by atoms with Gasteiger partial charge in [-0.2, -0.15) is 11.8 Å². The summed E-state index contributed by atoms with van der Waals surface area (Å²) in [5.41, 5.74) is 0.811. The number of benzene rings is 1. The Morgan fingerprint density at radius 3 is 2.06 bits per heavy atom. The summed E-state index contributed by atoms with van der Waals surface area (Å²) in [6.07, 6.45) is 0.680. The van der Waals surface area contributed by atoms with E-state index in [1.165, 1.54) is 18.2 Å². The van der Waals surface area contributed by atoms with Crippen molar-refractivity contribution in [3.63, 3.8) is 0 Å². The van der Waals surface area contributed by atoms with Gasteiger partial charge >= 0.3 is 11.9 Å². The normalized spacial score (nSPS) is 10.2. The second-order valence-corrected chi connectivity index (χ2v) is 4.87. The minimum atomic E-state index is -1.10. The van der Waals surface area contributed by atoms with Crippen LogP contribution in [0.15, 0.2) is 18.2 Å². The zero-order chi connectivity index (χ0) is 12.8. The topological polar surface area (TPSA) is 74.6 Å². The van der Waals surface area contributed by atoms with E-state index in [0.717, 1.165) is 17.1 Å². The lowest BCUT2D eigenvalue weighted by Crippen LogP contribution is -2.04. The van der Waals surface area contributed by atoms with Gasteiger partial charge in [0.05, 0.1) is 11.1 Å². The molecule has 0 atom stereocenters. The molecule has 0 aliphatic rings.